The van der Waals surface area contributed by atoms with E-state index in [1.165, 1.54) is 0 Å². The van der Waals surface area contributed by atoms with Gasteiger partial charge in [0.2, 0.25) is 0 Å². The summed E-state index contributed by atoms with van der Waals surface area (Å²) in [6.07, 6.45) is 3.12. The molecule has 0 saturated carbocycles. The summed E-state index contributed by atoms with van der Waals surface area (Å²) in [7, 11) is 2.20. The zero-order valence-corrected chi connectivity index (χ0v) is 13.7. The molecule has 0 aliphatic carbocycles. The van der Waals surface area contributed by atoms with Crippen LogP contribution >= 0.6 is 11.6 Å². The fourth-order valence-electron chi connectivity index (χ4n) is 2.67. The fraction of sp³-hybridized carbons (Fsp3) is 0.733. The number of hydrogen-bond donors (Lipinski definition) is 0. The van der Waals surface area contributed by atoms with Gasteiger partial charge in [-0.15, -0.1) is 11.6 Å². The van der Waals surface area contributed by atoms with E-state index in [0.29, 0.717) is 17.8 Å². The van der Waals surface area contributed by atoms with Crippen molar-refractivity contribution in [2.75, 3.05) is 31.6 Å². The minimum absolute atomic E-state index is 0.335. The number of nitrogens with zero attached hydrogens (tertiary/aromatic N) is 4. The maximum atomic E-state index is 6.10. The molecule has 0 bridgehead atoms. The second-order valence-corrected chi connectivity index (χ2v) is 6.10. The molecule has 1 aliphatic rings. The van der Waals surface area contributed by atoms with Crippen molar-refractivity contribution >= 4 is 17.3 Å². The molecule has 1 unspecified atom stereocenters. The normalized spacial score (nSPS) is 20.7. The van der Waals surface area contributed by atoms with Crippen LogP contribution in [-0.2, 0) is 5.88 Å². The van der Waals surface area contributed by atoms with Gasteiger partial charge < -0.3 is 4.90 Å². The molecule has 0 aromatic carbocycles. The molecule has 112 valence electrons. The van der Waals surface area contributed by atoms with E-state index in [4.69, 9.17) is 11.6 Å². The number of likely N-dealkylation sites (N-methyl/N-ethyl adjacent to an activating group) is 1. The fourth-order valence-corrected chi connectivity index (χ4v) is 2.87. The van der Waals surface area contributed by atoms with E-state index >= 15 is 0 Å². The van der Waals surface area contributed by atoms with Gasteiger partial charge in [-0.25, -0.2) is 9.97 Å². The van der Waals surface area contributed by atoms with Gasteiger partial charge in [0.05, 0.1) is 23.5 Å². The molecule has 2 heterocycles. The van der Waals surface area contributed by atoms with Crippen molar-refractivity contribution < 1.29 is 0 Å². The molecule has 1 aliphatic heterocycles. The molecule has 1 atom stereocenters. The van der Waals surface area contributed by atoms with Crippen LogP contribution in [0.25, 0.3) is 0 Å². The summed E-state index contributed by atoms with van der Waals surface area (Å²) < 4.78 is 0. The maximum Gasteiger partial charge on any atom is 0.131 e. The first-order chi connectivity index (χ1) is 9.56. The third-order valence-corrected chi connectivity index (χ3v) is 4.35. The van der Waals surface area contributed by atoms with E-state index in [9.17, 15) is 0 Å². The molecule has 1 aromatic rings. The lowest BCUT2D eigenvalue weighted by atomic mass is 10.1. The highest BCUT2D eigenvalue weighted by Gasteiger charge is 2.25. The highest BCUT2D eigenvalue weighted by molar-refractivity contribution is 6.17. The number of aromatic nitrogens is 2. The molecule has 1 saturated heterocycles. The van der Waals surface area contributed by atoms with Crippen LogP contribution in [0.4, 0.5) is 5.69 Å². The lowest BCUT2D eigenvalue weighted by Crippen LogP contribution is -2.51. The Balaban J connectivity index is 2.23. The van der Waals surface area contributed by atoms with Gasteiger partial charge in [-0.05, 0) is 13.5 Å². The van der Waals surface area contributed by atoms with E-state index in [0.717, 1.165) is 43.3 Å². The van der Waals surface area contributed by atoms with Gasteiger partial charge >= 0.3 is 0 Å². The molecule has 0 N–H and O–H groups in total. The zero-order valence-electron chi connectivity index (χ0n) is 12.9. The lowest BCUT2D eigenvalue weighted by Gasteiger charge is -2.40. The van der Waals surface area contributed by atoms with Gasteiger partial charge in [0.1, 0.15) is 5.82 Å². The SMILES string of the molecule is CCC1CN(c2cnc(C(C)C)nc2CCl)CCN1C. The van der Waals surface area contributed by atoms with Gasteiger partial charge in [0.15, 0.2) is 0 Å². The minimum Gasteiger partial charge on any atom is -0.366 e. The molecular formula is C15H25ClN4. The second kappa shape index (κ2) is 6.72. The highest BCUT2D eigenvalue weighted by atomic mass is 35.5. The maximum absolute atomic E-state index is 6.10. The van der Waals surface area contributed by atoms with Crippen LogP contribution in [0, 0.1) is 0 Å². The van der Waals surface area contributed by atoms with E-state index in [-0.39, 0.29) is 0 Å². The Kier molecular flexibility index (Phi) is 5.22. The summed E-state index contributed by atoms with van der Waals surface area (Å²) in [5.74, 6) is 1.66. The first kappa shape index (κ1) is 15.5. The Hall–Kier alpha value is -0.870. The molecular weight excluding hydrogens is 272 g/mol. The smallest absolute Gasteiger partial charge is 0.131 e. The Morgan fingerprint density at radius 3 is 2.75 bits per heavy atom. The van der Waals surface area contributed by atoms with E-state index in [2.05, 4.69) is 47.6 Å². The minimum atomic E-state index is 0.335. The van der Waals surface area contributed by atoms with Gasteiger partial charge in [0, 0.05) is 31.6 Å². The average molecular weight is 297 g/mol. The third-order valence-electron chi connectivity index (χ3n) is 4.10. The van der Waals surface area contributed by atoms with Crippen molar-refractivity contribution in [3.05, 3.63) is 17.7 Å². The molecule has 1 aromatic heterocycles. The van der Waals surface area contributed by atoms with Gasteiger partial charge in [-0.2, -0.15) is 0 Å². The van der Waals surface area contributed by atoms with Crippen LogP contribution in [0.5, 0.6) is 0 Å². The molecule has 0 amide bonds. The van der Waals surface area contributed by atoms with Crippen LogP contribution in [0.15, 0.2) is 6.20 Å². The first-order valence-electron chi connectivity index (χ1n) is 7.43. The van der Waals surface area contributed by atoms with Crippen molar-refractivity contribution in [1.29, 1.82) is 0 Å². The quantitative estimate of drug-likeness (QED) is 0.800. The van der Waals surface area contributed by atoms with Crippen molar-refractivity contribution in [3.8, 4) is 0 Å². The zero-order chi connectivity index (χ0) is 14.7. The molecule has 20 heavy (non-hydrogen) atoms. The number of hydrogen-bond acceptors (Lipinski definition) is 4. The summed E-state index contributed by atoms with van der Waals surface area (Å²) in [4.78, 5) is 14.0. The number of halogens is 1. The van der Waals surface area contributed by atoms with E-state index < -0.39 is 0 Å². The van der Waals surface area contributed by atoms with Gasteiger partial charge in [0.25, 0.3) is 0 Å². The van der Waals surface area contributed by atoms with Crippen molar-refractivity contribution in [3.63, 3.8) is 0 Å². The molecule has 1 fully saturated rings. The second-order valence-electron chi connectivity index (χ2n) is 5.84. The molecule has 0 radical (unpaired) electrons. The lowest BCUT2D eigenvalue weighted by molar-refractivity contribution is 0.213. The molecule has 5 heteroatoms. The summed E-state index contributed by atoms with van der Waals surface area (Å²) in [5, 5.41) is 0. The van der Waals surface area contributed by atoms with Crippen LogP contribution in [0.3, 0.4) is 0 Å². The first-order valence-corrected chi connectivity index (χ1v) is 7.97. The number of rotatable bonds is 4. The molecule has 4 nitrogen and oxygen atoms in total. The van der Waals surface area contributed by atoms with Crippen LogP contribution in [-0.4, -0.2) is 47.6 Å². The van der Waals surface area contributed by atoms with Crippen molar-refractivity contribution in [1.82, 2.24) is 14.9 Å². The Bertz CT molecular complexity index is 449. The summed E-state index contributed by atoms with van der Waals surface area (Å²) in [6.45, 7) is 9.58. The molecule has 2 rings (SSSR count). The molecule has 0 spiro atoms. The number of alkyl halides is 1. The van der Waals surface area contributed by atoms with Crippen molar-refractivity contribution in [2.45, 2.75) is 45.0 Å². The van der Waals surface area contributed by atoms with Gasteiger partial charge in [-0.1, -0.05) is 20.8 Å². The topological polar surface area (TPSA) is 32.3 Å². The summed E-state index contributed by atoms with van der Waals surface area (Å²) in [5.41, 5.74) is 2.07. The highest BCUT2D eigenvalue weighted by Crippen LogP contribution is 2.24. The number of piperazine rings is 1. The van der Waals surface area contributed by atoms with Crippen molar-refractivity contribution in [2.24, 2.45) is 0 Å². The standard InChI is InChI=1S/C15H25ClN4/c1-5-12-10-20(7-6-19(12)4)14-9-17-15(11(2)3)18-13(14)8-16/h9,11-12H,5-8,10H2,1-4H3. The van der Waals surface area contributed by atoms with E-state index in [1.54, 1.807) is 0 Å². The average Bonchev–Trinajstić information content (AvgIpc) is 2.47. The van der Waals surface area contributed by atoms with Gasteiger partial charge in [-0.3, -0.25) is 4.90 Å². The summed E-state index contributed by atoms with van der Waals surface area (Å²) >= 11 is 6.10. The predicted octanol–water partition coefficient (Wildman–Crippen LogP) is 2.87. The van der Waals surface area contributed by atoms with Crippen LogP contribution < -0.4 is 4.90 Å². The summed E-state index contributed by atoms with van der Waals surface area (Å²) in [6, 6.07) is 0.594. The largest absolute Gasteiger partial charge is 0.366 e. The Morgan fingerprint density at radius 1 is 1.40 bits per heavy atom. The van der Waals surface area contributed by atoms with Crippen LogP contribution in [0.2, 0.25) is 0 Å². The predicted molar refractivity (Wildman–Crippen MR) is 84.6 cm³/mol. The van der Waals surface area contributed by atoms with E-state index in [1.807, 2.05) is 6.20 Å². The Morgan fingerprint density at radius 2 is 2.15 bits per heavy atom. The monoisotopic (exact) mass is 296 g/mol. The Labute approximate surface area is 127 Å². The third kappa shape index (κ3) is 3.23. The number of anilines is 1. The van der Waals surface area contributed by atoms with Crippen LogP contribution in [0.1, 0.15) is 44.6 Å².